The Labute approximate surface area is 187 Å². The number of hydrogen-bond acceptors (Lipinski definition) is 4. The molecule has 0 bridgehead atoms. The standard InChI is InChI=1S/C25H24N2O4S/c1-16-12-17(2)20(18(3)13-16)15-27-21-9-5-4-8-19(21)14-22(27)25(29)26-32(30,31)24-11-7-6-10-23(24)28/h4-14,28H,15H2,1-3H3,(H,26,29). The summed E-state index contributed by atoms with van der Waals surface area (Å²) in [7, 11) is -4.25. The Balaban J connectivity index is 1.78. The summed E-state index contributed by atoms with van der Waals surface area (Å²) < 4.78 is 29.5. The van der Waals surface area contributed by atoms with Crippen molar-refractivity contribution in [3.8, 4) is 5.75 Å². The number of rotatable bonds is 5. The van der Waals surface area contributed by atoms with Gasteiger partial charge in [-0.05, 0) is 61.7 Å². The molecule has 4 rings (SSSR count). The molecule has 164 valence electrons. The van der Waals surface area contributed by atoms with Crippen LogP contribution in [0.4, 0.5) is 0 Å². The normalized spacial score (nSPS) is 11.6. The van der Waals surface area contributed by atoms with Gasteiger partial charge in [-0.3, -0.25) is 4.79 Å². The molecule has 1 heterocycles. The molecule has 0 saturated heterocycles. The van der Waals surface area contributed by atoms with Crippen LogP contribution in [0.1, 0.15) is 32.7 Å². The number of para-hydroxylation sites is 2. The van der Waals surface area contributed by atoms with E-state index in [0.717, 1.165) is 33.2 Å². The summed E-state index contributed by atoms with van der Waals surface area (Å²) in [5, 5.41) is 10.8. The highest BCUT2D eigenvalue weighted by Crippen LogP contribution is 2.26. The van der Waals surface area contributed by atoms with Crippen molar-refractivity contribution in [3.05, 3.63) is 94.7 Å². The van der Waals surface area contributed by atoms with E-state index in [1.54, 1.807) is 6.07 Å². The predicted molar refractivity (Wildman–Crippen MR) is 124 cm³/mol. The Hall–Kier alpha value is -3.58. The van der Waals surface area contributed by atoms with Gasteiger partial charge in [0.25, 0.3) is 15.9 Å². The molecular weight excluding hydrogens is 424 g/mol. The third-order valence-electron chi connectivity index (χ3n) is 5.58. The van der Waals surface area contributed by atoms with Gasteiger partial charge < -0.3 is 9.67 Å². The first-order chi connectivity index (χ1) is 15.2. The summed E-state index contributed by atoms with van der Waals surface area (Å²) >= 11 is 0. The number of aromatic nitrogens is 1. The number of aromatic hydroxyl groups is 1. The van der Waals surface area contributed by atoms with Crippen LogP contribution in [0, 0.1) is 20.8 Å². The zero-order valence-electron chi connectivity index (χ0n) is 18.1. The smallest absolute Gasteiger partial charge is 0.281 e. The van der Waals surface area contributed by atoms with E-state index in [4.69, 9.17) is 0 Å². The number of nitrogens with one attached hydrogen (secondary N) is 1. The van der Waals surface area contributed by atoms with Crippen LogP contribution in [0.15, 0.2) is 71.6 Å². The molecule has 0 radical (unpaired) electrons. The first-order valence-corrected chi connectivity index (χ1v) is 11.7. The molecule has 0 aliphatic rings. The average molecular weight is 449 g/mol. The quantitative estimate of drug-likeness (QED) is 0.472. The van der Waals surface area contributed by atoms with Crippen molar-refractivity contribution in [1.82, 2.24) is 9.29 Å². The second-order valence-electron chi connectivity index (χ2n) is 7.95. The maximum Gasteiger partial charge on any atom is 0.281 e. The molecule has 6 nitrogen and oxygen atoms in total. The maximum atomic E-state index is 13.2. The lowest BCUT2D eigenvalue weighted by atomic mass is 9.99. The maximum absolute atomic E-state index is 13.2. The summed E-state index contributed by atoms with van der Waals surface area (Å²) in [4.78, 5) is 12.8. The number of hydrogen-bond donors (Lipinski definition) is 2. The van der Waals surface area contributed by atoms with Crippen LogP contribution in [0.3, 0.4) is 0 Å². The van der Waals surface area contributed by atoms with Crippen LogP contribution in [0.2, 0.25) is 0 Å². The molecule has 0 spiro atoms. The number of sulfonamides is 1. The van der Waals surface area contributed by atoms with Gasteiger partial charge >= 0.3 is 0 Å². The molecule has 1 aromatic heterocycles. The van der Waals surface area contributed by atoms with Gasteiger partial charge in [0, 0.05) is 17.4 Å². The fourth-order valence-corrected chi connectivity index (χ4v) is 5.16. The van der Waals surface area contributed by atoms with E-state index in [1.165, 1.54) is 24.3 Å². The number of aryl methyl sites for hydroxylation is 3. The molecular formula is C25H24N2O4S. The first kappa shape index (κ1) is 21.6. The van der Waals surface area contributed by atoms with E-state index < -0.39 is 21.7 Å². The van der Waals surface area contributed by atoms with Crippen molar-refractivity contribution >= 4 is 26.8 Å². The van der Waals surface area contributed by atoms with Gasteiger partial charge in [-0.2, -0.15) is 0 Å². The monoisotopic (exact) mass is 448 g/mol. The highest BCUT2D eigenvalue weighted by molar-refractivity contribution is 7.90. The molecule has 32 heavy (non-hydrogen) atoms. The largest absolute Gasteiger partial charge is 0.507 e. The third kappa shape index (κ3) is 3.99. The Bertz CT molecular complexity index is 1430. The molecule has 0 aliphatic heterocycles. The van der Waals surface area contributed by atoms with Crippen molar-refractivity contribution in [2.24, 2.45) is 0 Å². The second kappa shape index (κ2) is 8.16. The van der Waals surface area contributed by atoms with Crippen LogP contribution in [0.5, 0.6) is 5.75 Å². The minimum absolute atomic E-state index is 0.226. The number of amides is 1. The third-order valence-corrected chi connectivity index (χ3v) is 6.96. The van der Waals surface area contributed by atoms with Crippen LogP contribution in [0.25, 0.3) is 10.9 Å². The van der Waals surface area contributed by atoms with Crippen LogP contribution in [-0.4, -0.2) is 24.0 Å². The van der Waals surface area contributed by atoms with Crippen LogP contribution >= 0.6 is 0 Å². The van der Waals surface area contributed by atoms with E-state index in [0.29, 0.717) is 6.54 Å². The molecule has 4 aromatic rings. The fourth-order valence-electron chi connectivity index (χ4n) is 4.10. The SMILES string of the molecule is Cc1cc(C)c(Cn2c(C(=O)NS(=O)(=O)c3ccccc3O)cc3ccccc32)c(C)c1. The zero-order valence-corrected chi connectivity index (χ0v) is 18.9. The van der Waals surface area contributed by atoms with E-state index >= 15 is 0 Å². The lowest BCUT2D eigenvalue weighted by Crippen LogP contribution is -2.32. The molecule has 0 atom stereocenters. The Morgan fingerprint density at radius 3 is 2.25 bits per heavy atom. The fraction of sp³-hybridized carbons (Fsp3) is 0.160. The minimum atomic E-state index is -4.25. The topological polar surface area (TPSA) is 88.4 Å². The van der Waals surface area contributed by atoms with Crippen LogP contribution < -0.4 is 4.72 Å². The lowest BCUT2D eigenvalue weighted by Gasteiger charge is -2.16. The highest BCUT2D eigenvalue weighted by Gasteiger charge is 2.25. The van der Waals surface area contributed by atoms with Gasteiger partial charge in [-0.15, -0.1) is 0 Å². The minimum Gasteiger partial charge on any atom is -0.507 e. The van der Waals surface area contributed by atoms with Gasteiger partial charge in [0.2, 0.25) is 0 Å². The molecule has 1 amide bonds. The molecule has 0 saturated carbocycles. The van der Waals surface area contributed by atoms with Crippen molar-refractivity contribution in [1.29, 1.82) is 0 Å². The number of carbonyl (C=O) groups is 1. The molecule has 0 fully saturated rings. The number of nitrogens with zero attached hydrogens (tertiary/aromatic N) is 1. The van der Waals surface area contributed by atoms with Gasteiger partial charge in [0.05, 0.1) is 0 Å². The molecule has 2 N–H and O–H groups in total. The number of phenolic OH excluding ortho intramolecular Hbond substituents is 1. The van der Waals surface area contributed by atoms with Crippen molar-refractivity contribution in [2.45, 2.75) is 32.2 Å². The van der Waals surface area contributed by atoms with Gasteiger partial charge in [0.15, 0.2) is 0 Å². The number of benzene rings is 3. The van der Waals surface area contributed by atoms with Crippen molar-refractivity contribution in [3.63, 3.8) is 0 Å². The van der Waals surface area contributed by atoms with E-state index in [-0.39, 0.29) is 10.6 Å². The Morgan fingerprint density at radius 2 is 1.56 bits per heavy atom. The zero-order chi connectivity index (χ0) is 23.0. The molecule has 3 aromatic carbocycles. The van der Waals surface area contributed by atoms with Gasteiger partial charge in [-0.1, -0.05) is 48.0 Å². The van der Waals surface area contributed by atoms with Crippen LogP contribution in [-0.2, 0) is 16.6 Å². The second-order valence-corrected chi connectivity index (χ2v) is 9.60. The first-order valence-electron chi connectivity index (χ1n) is 10.2. The van der Waals surface area contributed by atoms with Crippen molar-refractivity contribution in [2.75, 3.05) is 0 Å². The lowest BCUT2D eigenvalue weighted by molar-refractivity contribution is 0.0973. The number of phenols is 1. The molecule has 0 aliphatic carbocycles. The number of fused-ring (bicyclic) bond motifs is 1. The van der Waals surface area contributed by atoms with E-state index in [2.05, 4.69) is 16.9 Å². The Kier molecular flexibility index (Phi) is 5.52. The predicted octanol–water partition coefficient (Wildman–Crippen LogP) is 4.44. The molecule has 0 unspecified atom stereocenters. The van der Waals surface area contributed by atoms with Gasteiger partial charge in [-0.25, -0.2) is 13.1 Å². The average Bonchev–Trinajstić information content (AvgIpc) is 3.09. The van der Waals surface area contributed by atoms with Crippen molar-refractivity contribution < 1.29 is 18.3 Å². The van der Waals surface area contributed by atoms with Gasteiger partial charge in [0.1, 0.15) is 16.3 Å². The van der Waals surface area contributed by atoms with E-state index in [1.807, 2.05) is 49.6 Å². The Morgan fingerprint density at radius 1 is 0.938 bits per heavy atom. The summed E-state index contributed by atoms with van der Waals surface area (Å²) in [5.41, 5.74) is 5.51. The summed E-state index contributed by atoms with van der Waals surface area (Å²) in [6, 6.07) is 18.9. The summed E-state index contributed by atoms with van der Waals surface area (Å²) in [5.74, 6) is -1.17. The summed E-state index contributed by atoms with van der Waals surface area (Å²) in [6.07, 6.45) is 0. The summed E-state index contributed by atoms with van der Waals surface area (Å²) in [6.45, 7) is 6.52. The number of carbonyl (C=O) groups excluding carboxylic acids is 1. The van der Waals surface area contributed by atoms with E-state index in [9.17, 15) is 18.3 Å². The molecule has 7 heteroatoms. The highest BCUT2D eigenvalue weighted by atomic mass is 32.2.